The minimum absolute atomic E-state index is 0.771. The van der Waals surface area contributed by atoms with Crippen LogP contribution in [-0.2, 0) is 0 Å². The fourth-order valence-electron chi connectivity index (χ4n) is 2.23. The Morgan fingerprint density at radius 1 is 0.750 bits per heavy atom. The van der Waals surface area contributed by atoms with Gasteiger partial charge in [0.2, 0.25) is 0 Å². The molecule has 1 heterocycles. The summed E-state index contributed by atoms with van der Waals surface area (Å²) in [5, 5.41) is 0. The summed E-state index contributed by atoms with van der Waals surface area (Å²) in [4.78, 5) is 8.80. The van der Waals surface area contributed by atoms with Crippen LogP contribution in [0.25, 0.3) is 22.5 Å². The molecule has 0 bridgehead atoms. The second kappa shape index (κ2) is 5.25. The molecule has 0 saturated heterocycles. The van der Waals surface area contributed by atoms with Crippen molar-refractivity contribution in [2.45, 2.75) is 13.8 Å². The minimum Gasteiger partial charge on any atom is -0.236 e. The second-order valence-corrected chi connectivity index (χ2v) is 4.98. The number of nitrogens with zero attached hydrogens (tertiary/aromatic N) is 2. The Morgan fingerprint density at radius 2 is 1.45 bits per heavy atom. The van der Waals surface area contributed by atoms with Crippen LogP contribution in [0, 0.1) is 13.8 Å². The Hall–Kier alpha value is -2.48. The molecule has 0 unspecified atom stereocenters. The largest absolute Gasteiger partial charge is 0.236 e. The van der Waals surface area contributed by atoms with Crippen molar-refractivity contribution < 1.29 is 0 Å². The smallest absolute Gasteiger partial charge is 0.159 e. The maximum atomic E-state index is 4.40. The fourth-order valence-corrected chi connectivity index (χ4v) is 2.23. The molecule has 3 rings (SSSR count). The molecular weight excluding hydrogens is 244 g/mol. The maximum Gasteiger partial charge on any atom is 0.159 e. The van der Waals surface area contributed by atoms with Gasteiger partial charge in [-0.1, -0.05) is 42.5 Å². The first kappa shape index (κ1) is 12.5. The van der Waals surface area contributed by atoms with E-state index in [9.17, 15) is 0 Å². The van der Waals surface area contributed by atoms with Gasteiger partial charge in [0.1, 0.15) is 0 Å². The molecule has 0 aliphatic heterocycles. The number of rotatable bonds is 2. The summed E-state index contributed by atoms with van der Waals surface area (Å²) in [5.41, 5.74) is 5.83. The summed E-state index contributed by atoms with van der Waals surface area (Å²) in [6.45, 7) is 4.12. The summed E-state index contributed by atoms with van der Waals surface area (Å²) in [6, 6.07) is 16.8. The van der Waals surface area contributed by atoms with Crippen molar-refractivity contribution in [3.63, 3.8) is 0 Å². The van der Waals surface area contributed by atoms with Gasteiger partial charge in [-0.2, -0.15) is 0 Å². The van der Waals surface area contributed by atoms with Crippen LogP contribution in [0.4, 0.5) is 0 Å². The van der Waals surface area contributed by atoms with Gasteiger partial charge < -0.3 is 0 Å². The predicted molar refractivity (Wildman–Crippen MR) is 82.4 cm³/mol. The molecular formula is C18H16N2. The van der Waals surface area contributed by atoms with Gasteiger partial charge in [-0.3, -0.25) is 0 Å². The number of aryl methyl sites for hydroxylation is 2. The molecule has 2 nitrogen and oxygen atoms in total. The standard InChI is InChI=1S/C18H16N2/c1-13-11-19-18(20-12-13)16-9-8-14(2)17(10-16)15-6-4-3-5-7-15/h3-12H,1-2H3. The summed E-state index contributed by atoms with van der Waals surface area (Å²) < 4.78 is 0. The van der Waals surface area contributed by atoms with Crippen molar-refractivity contribution in [2.75, 3.05) is 0 Å². The topological polar surface area (TPSA) is 25.8 Å². The lowest BCUT2D eigenvalue weighted by Gasteiger charge is -2.08. The van der Waals surface area contributed by atoms with Gasteiger partial charge >= 0.3 is 0 Å². The molecule has 0 aliphatic rings. The third-order valence-corrected chi connectivity index (χ3v) is 3.36. The van der Waals surface area contributed by atoms with Crippen molar-refractivity contribution in [1.82, 2.24) is 9.97 Å². The first-order chi connectivity index (χ1) is 9.74. The highest BCUT2D eigenvalue weighted by molar-refractivity contribution is 5.73. The number of aromatic nitrogens is 2. The lowest BCUT2D eigenvalue weighted by molar-refractivity contribution is 1.14. The van der Waals surface area contributed by atoms with E-state index in [2.05, 4.69) is 59.4 Å². The first-order valence-corrected chi connectivity index (χ1v) is 6.69. The first-order valence-electron chi connectivity index (χ1n) is 6.69. The van der Waals surface area contributed by atoms with Gasteiger partial charge in [0.25, 0.3) is 0 Å². The van der Waals surface area contributed by atoms with E-state index < -0.39 is 0 Å². The highest BCUT2D eigenvalue weighted by atomic mass is 14.9. The molecule has 0 amide bonds. The van der Waals surface area contributed by atoms with E-state index >= 15 is 0 Å². The Bertz CT molecular complexity index is 716. The van der Waals surface area contributed by atoms with E-state index in [-0.39, 0.29) is 0 Å². The van der Waals surface area contributed by atoms with Crippen LogP contribution in [0.1, 0.15) is 11.1 Å². The molecule has 0 spiro atoms. The van der Waals surface area contributed by atoms with Crippen LogP contribution in [-0.4, -0.2) is 9.97 Å². The predicted octanol–water partition coefficient (Wildman–Crippen LogP) is 4.43. The van der Waals surface area contributed by atoms with Crippen LogP contribution in [0.3, 0.4) is 0 Å². The van der Waals surface area contributed by atoms with Gasteiger partial charge in [-0.15, -0.1) is 0 Å². The number of hydrogen-bond donors (Lipinski definition) is 0. The Labute approximate surface area is 119 Å². The van der Waals surface area contributed by atoms with Crippen molar-refractivity contribution >= 4 is 0 Å². The van der Waals surface area contributed by atoms with Crippen LogP contribution in [0.15, 0.2) is 60.9 Å². The van der Waals surface area contributed by atoms with Crippen molar-refractivity contribution in [3.8, 4) is 22.5 Å². The Morgan fingerprint density at radius 3 is 2.15 bits per heavy atom. The molecule has 0 atom stereocenters. The molecule has 0 radical (unpaired) electrons. The Kier molecular flexibility index (Phi) is 3.30. The van der Waals surface area contributed by atoms with Crippen molar-refractivity contribution in [1.29, 1.82) is 0 Å². The average Bonchev–Trinajstić information content (AvgIpc) is 2.50. The maximum absolute atomic E-state index is 4.40. The highest BCUT2D eigenvalue weighted by Crippen LogP contribution is 2.27. The van der Waals surface area contributed by atoms with Crippen molar-refractivity contribution in [3.05, 3.63) is 72.1 Å². The van der Waals surface area contributed by atoms with Crippen molar-refractivity contribution in [2.24, 2.45) is 0 Å². The lowest BCUT2D eigenvalue weighted by atomic mass is 9.98. The molecule has 2 heteroatoms. The molecule has 0 saturated carbocycles. The van der Waals surface area contributed by atoms with Gasteiger partial charge in [0.05, 0.1) is 0 Å². The van der Waals surface area contributed by atoms with Gasteiger partial charge in [0, 0.05) is 18.0 Å². The van der Waals surface area contributed by atoms with E-state index in [1.807, 2.05) is 25.4 Å². The molecule has 20 heavy (non-hydrogen) atoms. The summed E-state index contributed by atoms with van der Waals surface area (Å²) >= 11 is 0. The molecule has 0 aliphatic carbocycles. The molecule has 0 fully saturated rings. The highest BCUT2D eigenvalue weighted by Gasteiger charge is 2.06. The van der Waals surface area contributed by atoms with Crippen LogP contribution in [0.2, 0.25) is 0 Å². The zero-order valence-electron chi connectivity index (χ0n) is 11.7. The third-order valence-electron chi connectivity index (χ3n) is 3.36. The number of benzene rings is 2. The minimum atomic E-state index is 0.771. The summed E-state index contributed by atoms with van der Waals surface area (Å²) in [7, 11) is 0. The van der Waals surface area contributed by atoms with E-state index in [0.717, 1.165) is 17.0 Å². The second-order valence-electron chi connectivity index (χ2n) is 4.98. The lowest BCUT2D eigenvalue weighted by Crippen LogP contribution is -1.91. The summed E-state index contributed by atoms with van der Waals surface area (Å²) in [5.74, 6) is 0.771. The van der Waals surface area contributed by atoms with E-state index in [1.54, 1.807) is 0 Å². The quantitative estimate of drug-likeness (QED) is 0.681. The normalized spacial score (nSPS) is 10.5. The van der Waals surface area contributed by atoms with Crippen LogP contribution < -0.4 is 0 Å². The fraction of sp³-hybridized carbons (Fsp3) is 0.111. The van der Waals surface area contributed by atoms with E-state index in [4.69, 9.17) is 0 Å². The third kappa shape index (κ3) is 2.45. The van der Waals surface area contributed by atoms with Gasteiger partial charge in [0.15, 0.2) is 5.82 Å². The van der Waals surface area contributed by atoms with Gasteiger partial charge in [-0.25, -0.2) is 9.97 Å². The monoisotopic (exact) mass is 260 g/mol. The zero-order valence-corrected chi connectivity index (χ0v) is 11.7. The number of hydrogen-bond acceptors (Lipinski definition) is 2. The SMILES string of the molecule is Cc1cnc(-c2ccc(C)c(-c3ccccc3)c2)nc1. The summed E-state index contributed by atoms with van der Waals surface area (Å²) in [6.07, 6.45) is 3.70. The molecule has 1 aromatic heterocycles. The molecule has 0 N–H and O–H groups in total. The van der Waals surface area contributed by atoms with Crippen LogP contribution in [0.5, 0.6) is 0 Å². The van der Waals surface area contributed by atoms with Gasteiger partial charge in [-0.05, 0) is 42.2 Å². The Balaban J connectivity index is 2.09. The van der Waals surface area contributed by atoms with E-state index in [0.29, 0.717) is 0 Å². The van der Waals surface area contributed by atoms with Crippen LogP contribution >= 0.6 is 0 Å². The molecule has 98 valence electrons. The zero-order chi connectivity index (χ0) is 13.9. The van der Waals surface area contributed by atoms with E-state index in [1.165, 1.54) is 16.7 Å². The molecule has 2 aromatic carbocycles. The molecule has 3 aromatic rings. The average molecular weight is 260 g/mol.